The lowest BCUT2D eigenvalue weighted by molar-refractivity contribution is 0.134. The van der Waals surface area contributed by atoms with Gasteiger partial charge >= 0.3 is 0 Å². The van der Waals surface area contributed by atoms with E-state index >= 15 is 0 Å². The first-order valence-corrected chi connectivity index (χ1v) is 7.83. The van der Waals surface area contributed by atoms with Gasteiger partial charge in [0.15, 0.2) is 0 Å². The molecule has 0 radical (unpaired) electrons. The van der Waals surface area contributed by atoms with Gasteiger partial charge in [-0.15, -0.1) is 0 Å². The fourth-order valence-corrected chi connectivity index (χ4v) is 2.91. The van der Waals surface area contributed by atoms with Crippen molar-refractivity contribution in [3.63, 3.8) is 0 Å². The smallest absolute Gasteiger partial charge is 0.0791 e. The molecule has 2 N–H and O–H groups in total. The van der Waals surface area contributed by atoms with Gasteiger partial charge in [-0.2, -0.15) is 0 Å². The lowest BCUT2D eigenvalue weighted by atomic mass is 9.94. The molecule has 1 atom stereocenters. The van der Waals surface area contributed by atoms with E-state index in [1.54, 1.807) is 0 Å². The second kappa shape index (κ2) is 9.70. The molecule has 0 aromatic rings. The van der Waals surface area contributed by atoms with Crippen molar-refractivity contribution < 1.29 is 5.11 Å². The van der Waals surface area contributed by atoms with Crippen LogP contribution in [-0.4, -0.2) is 74.4 Å². The first kappa shape index (κ1) is 16.9. The van der Waals surface area contributed by atoms with Crippen molar-refractivity contribution in [3.05, 3.63) is 0 Å². The topological polar surface area (TPSA) is 38.7 Å². The molecular formula is C15H33N3O. The third-order valence-corrected chi connectivity index (χ3v) is 4.02. The Morgan fingerprint density at radius 3 is 2.47 bits per heavy atom. The lowest BCUT2D eigenvalue weighted by Gasteiger charge is -2.31. The van der Waals surface area contributed by atoms with Crippen LogP contribution in [0.15, 0.2) is 0 Å². The monoisotopic (exact) mass is 271 g/mol. The van der Waals surface area contributed by atoms with Crippen molar-refractivity contribution in [2.24, 2.45) is 0 Å². The highest BCUT2D eigenvalue weighted by Crippen LogP contribution is 2.21. The Morgan fingerprint density at radius 1 is 1.16 bits per heavy atom. The predicted octanol–water partition coefficient (Wildman–Crippen LogP) is 1.15. The van der Waals surface area contributed by atoms with E-state index in [1.165, 1.54) is 45.1 Å². The van der Waals surface area contributed by atoms with E-state index < -0.39 is 0 Å². The largest absolute Gasteiger partial charge is 0.390 e. The van der Waals surface area contributed by atoms with Gasteiger partial charge in [-0.1, -0.05) is 19.3 Å². The molecule has 0 aliphatic heterocycles. The fraction of sp³-hybridized carbons (Fsp3) is 1.00. The van der Waals surface area contributed by atoms with Gasteiger partial charge in [-0.25, -0.2) is 0 Å². The molecule has 0 bridgehead atoms. The number of rotatable bonds is 9. The summed E-state index contributed by atoms with van der Waals surface area (Å²) in [6.07, 6.45) is 7.91. The second-order valence-electron chi connectivity index (χ2n) is 6.25. The number of aliphatic hydroxyl groups excluding tert-OH is 1. The SMILES string of the molecule is CN(C)CC(O)CNCCCN(C)C1CCCCC1. The minimum Gasteiger partial charge on any atom is -0.390 e. The standard InChI is InChI=1S/C15H33N3O/c1-17(2)13-15(19)12-16-10-7-11-18(3)14-8-5-4-6-9-14/h14-16,19H,4-13H2,1-3H3. The van der Waals surface area contributed by atoms with Gasteiger partial charge in [0, 0.05) is 19.1 Å². The molecule has 1 aliphatic carbocycles. The van der Waals surface area contributed by atoms with E-state index in [-0.39, 0.29) is 6.10 Å². The normalized spacial score (nSPS) is 19.3. The first-order chi connectivity index (χ1) is 9.09. The van der Waals surface area contributed by atoms with E-state index in [1.807, 2.05) is 19.0 Å². The first-order valence-electron chi connectivity index (χ1n) is 7.83. The number of hydrogen-bond acceptors (Lipinski definition) is 4. The van der Waals surface area contributed by atoms with E-state index in [2.05, 4.69) is 17.3 Å². The van der Waals surface area contributed by atoms with Crippen LogP contribution in [0.5, 0.6) is 0 Å². The van der Waals surface area contributed by atoms with Gasteiger partial charge < -0.3 is 20.2 Å². The molecule has 0 aromatic heterocycles. The van der Waals surface area contributed by atoms with Crippen molar-refractivity contribution in [2.75, 3.05) is 47.3 Å². The zero-order chi connectivity index (χ0) is 14.1. The minimum atomic E-state index is -0.258. The molecule has 1 aliphatic rings. The van der Waals surface area contributed by atoms with Crippen molar-refractivity contribution in [3.8, 4) is 0 Å². The summed E-state index contributed by atoms with van der Waals surface area (Å²) in [6.45, 7) is 3.60. The molecule has 0 saturated heterocycles. The molecule has 4 nitrogen and oxygen atoms in total. The third kappa shape index (κ3) is 7.88. The second-order valence-corrected chi connectivity index (χ2v) is 6.25. The minimum absolute atomic E-state index is 0.258. The van der Waals surface area contributed by atoms with Crippen LogP contribution in [0.4, 0.5) is 0 Å². The maximum absolute atomic E-state index is 9.72. The van der Waals surface area contributed by atoms with Crippen molar-refractivity contribution >= 4 is 0 Å². The molecule has 0 aromatic carbocycles. The molecule has 1 fully saturated rings. The van der Waals surface area contributed by atoms with E-state index in [0.29, 0.717) is 6.54 Å². The van der Waals surface area contributed by atoms with Crippen LogP contribution in [0.3, 0.4) is 0 Å². The summed E-state index contributed by atoms with van der Waals surface area (Å²) in [4.78, 5) is 4.54. The fourth-order valence-electron chi connectivity index (χ4n) is 2.91. The maximum Gasteiger partial charge on any atom is 0.0791 e. The summed E-state index contributed by atoms with van der Waals surface area (Å²) in [6, 6.07) is 0.813. The molecule has 1 rings (SSSR count). The summed E-state index contributed by atoms with van der Waals surface area (Å²) in [5.41, 5.74) is 0. The van der Waals surface area contributed by atoms with E-state index in [4.69, 9.17) is 0 Å². The molecule has 0 heterocycles. The maximum atomic E-state index is 9.72. The van der Waals surface area contributed by atoms with Crippen LogP contribution in [0.2, 0.25) is 0 Å². The Kier molecular flexibility index (Phi) is 8.62. The number of aliphatic hydroxyl groups is 1. The summed E-state index contributed by atoms with van der Waals surface area (Å²) in [7, 11) is 6.24. The highest BCUT2D eigenvalue weighted by atomic mass is 16.3. The van der Waals surface area contributed by atoms with Crippen molar-refractivity contribution in [1.82, 2.24) is 15.1 Å². The summed E-state index contributed by atoms with van der Waals surface area (Å²) >= 11 is 0. The molecule has 1 unspecified atom stereocenters. The molecule has 0 spiro atoms. The summed E-state index contributed by atoms with van der Waals surface area (Å²) < 4.78 is 0. The Hall–Kier alpha value is -0.160. The van der Waals surface area contributed by atoms with Crippen LogP contribution < -0.4 is 5.32 Å². The van der Waals surface area contributed by atoms with Gasteiger partial charge in [0.1, 0.15) is 0 Å². The van der Waals surface area contributed by atoms with Crippen LogP contribution in [0.25, 0.3) is 0 Å². The van der Waals surface area contributed by atoms with Crippen LogP contribution in [0.1, 0.15) is 38.5 Å². The number of likely N-dealkylation sites (N-methyl/N-ethyl adjacent to an activating group) is 1. The van der Waals surface area contributed by atoms with Crippen LogP contribution in [-0.2, 0) is 0 Å². The van der Waals surface area contributed by atoms with E-state index in [0.717, 1.165) is 19.1 Å². The zero-order valence-electron chi connectivity index (χ0n) is 13.1. The third-order valence-electron chi connectivity index (χ3n) is 4.02. The van der Waals surface area contributed by atoms with Crippen LogP contribution >= 0.6 is 0 Å². The van der Waals surface area contributed by atoms with Gasteiger partial charge in [0.25, 0.3) is 0 Å². The Morgan fingerprint density at radius 2 is 1.84 bits per heavy atom. The average molecular weight is 271 g/mol. The summed E-state index contributed by atoms with van der Waals surface area (Å²) in [5.74, 6) is 0. The molecule has 19 heavy (non-hydrogen) atoms. The molecule has 0 amide bonds. The van der Waals surface area contributed by atoms with E-state index in [9.17, 15) is 5.11 Å². The predicted molar refractivity (Wildman–Crippen MR) is 81.6 cm³/mol. The lowest BCUT2D eigenvalue weighted by Crippen LogP contribution is -2.37. The molecule has 114 valence electrons. The highest BCUT2D eigenvalue weighted by molar-refractivity contribution is 4.73. The van der Waals surface area contributed by atoms with Gasteiger partial charge in [-0.3, -0.25) is 0 Å². The molecular weight excluding hydrogens is 238 g/mol. The van der Waals surface area contributed by atoms with Crippen LogP contribution in [0, 0.1) is 0 Å². The zero-order valence-corrected chi connectivity index (χ0v) is 13.1. The Bertz CT molecular complexity index is 217. The van der Waals surface area contributed by atoms with Crippen molar-refractivity contribution in [1.29, 1.82) is 0 Å². The number of hydrogen-bond donors (Lipinski definition) is 2. The Balaban J connectivity index is 1.97. The Labute approximate surface area is 119 Å². The molecule has 4 heteroatoms. The van der Waals surface area contributed by atoms with Crippen molar-refractivity contribution in [2.45, 2.75) is 50.7 Å². The van der Waals surface area contributed by atoms with Gasteiger partial charge in [-0.05, 0) is 53.5 Å². The quantitative estimate of drug-likeness (QED) is 0.617. The number of nitrogens with one attached hydrogen (secondary N) is 1. The highest BCUT2D eigenvalue weighted by Gasteiger charge is 2.17. The molecule has 1 saturated carbocycles. The number of nitrogens with zero attached hydrogens (tertiary/aromatic N) is 2. The average Bonchev–Trinajstić information content (AvgIpc) is 2.38. The van der Waals surface area contributed by atoms with Gasteiger partial charge in [0.2, 0.25) is 0 Å². The van der Waals surface area contributed by atoms with Gasteiger partial charge in [0.05, 0.1) is 6.10 Å². The summed E-state index contributed by atoms with van der Waals surface area (Å²) in [5, 5.41) is 13.1.